The highest BCUT2D eigenvalue weighted by molar-refractivity contribution is 5.97. The first-order chi connectivity index (χ1) is 11.2. The number of fused-ring (bicyclic) bond motifs is 1. The van der Waals surface area contributed by atoms with Crippen molar-refractivity contribution in [2.45, 2.75) is 6.61 Å². The van der Waals surface area contributed by atoms with Gasteiger partial charge in [-0.05, 0) is 17.7 Å². The van der Waals surface area contributed by atoms with Crippen LogP contribution < -0.4 is 9.64 Å². The zero-order valence-electron chi connectivity index (χ0n) is 12.3. The standard InChI is InChI=1S/C17H15NO5/c19-16(20)13-7-4-8-14-15(13)22-10-9-18(14)17(21)23-11-12-5-2-1-3-6-12/h1-8H,9-11H2,(H,19,20). The molecule has 0 aliphatic carbocycles. The van der Waals surface area contributed by atoms with Crippen LogP contribution in [0.15, 0.2) is 48.5 Å². The van der Waals surface area contributed by atoms with Crippen LogP contribution in [-0.2, 0) is 11.3 Å². The van der Waals surface area contributed by atoms with Gasteiger partial charge in [-0.25, -0.2) is 9.59 Å². The number of rotatable bonds is 3. The van der Waals surface area contributed by atoms with Crippen molar-refractivity contribution in [2.75, 3.05) is 18.1 Å². The Labute approximate surface area is 132 Å². The number of benzene rings is 2. The van der Waals surface area contributed by atoms with Crippen molar-refractivity contribution < 1.29 is 24.2 Å². The lowest BCUT2D eigenvalue weighted by atomic mass is 10.1. The van der Waals surface area contributed by atoms with E-state index >= 15 is 0 Å². The van der Waals surface area contributed by atoms with E-state index in [4.69, 9.17) is 9.47 Å². The fourth-order valence-corrected chi connectivity index (χ4v) is 2.40. The summed E-state index contributed by atoms with van der Waals surface area (Å²) in [7, 11) is 0. The van der Waals surface area contributed by atoms with Crippen molar-refractivity contribution in [3.63, 3.8) is 0 Å². The molecule has 0 bridgehead atoms. The lowest BCUT2D eigenvalue weighted by Gasteiger charge is -2.29. The topological polar surface area (TPSA) is 76.1 Å². The average Bonchev–Trinajstić information content (AvgIpc) is 2.59. The Hall–Kier alpha value is -3.02. The molecule has 6 nitrogen and oxygen atoms in total. The van der Waals surface area contributed by atoms with Crippen LogP contribution in [0.3, 0.4) is 0 Å². The molecule has 0 unspecified atom stereocenters. The van der Waals surface area contributed by atoms with Crippen LogP contribution in [0.25, 0.3) is 0 Å². The van der Waals surface area contributed by atoms with Gasteiger partial charge in [0.15, 0.2) is 5.75 Å². The second-order valence-corrected chi connectivity index (χ2v) is 5.00. The van der Waals surface area contributed by atoms with Crippen LogP contribution in [-0.4, -0.2) is 30.3 Å². The third-order valence-corrected chi connectivity index (χ3v) is 3.50. The number of carbonyl (C=O) groups is 2. The van der Waals surface area contributed by atoms with Gasteiger partial charge < -0.3 is 14.6 Å². The van der Waals surface area contributed by atoms with Gasteiger partial charge in [-0.3, -0.25) is 4.90 Å². The molecule has 0 aromatic heterocycles. The van der Waals surface area contributed by atoms with Gasteiger partial charge in [0, 0.05) is 0 Å². The SMILES string of the molecule is O=C(O)c1cccc2c1OCCN2C(=O)OCc1ccccc1. The van der Waals surface area contributed by atoms with Crippen molar-refractivity contribution in [1.29, 1.82) is 0 Å². The Bertz CT molecular complexity index is 729. The normalized spacial score (nSPS) is 13.0. The fraction of sp³-hybridized carbons (Fsp3) is 0.176. The van der Waals surface area contributed by atoms with Gasteiger partial charge in [-0.15, -0.1) is 0 Å². The molecular formula is C17H15NO5. The molecule has 23 heavy (non-hydrogen) atoms. The molecule has 0 spiro atoms. The molecule has 118 valence electrons. The average molecular weight is 313 g/mol. The van der Waals surface area contributed by atoms with Gasteiger partial charge in [0.25, 0.3) is 0 Å². The Kier molecular flexibility index (Phi) is 4.14. The molecule has 3 rings (SSSR count). The summed E-state index contributed by atoms with van der Waals surface area (Å²) in [4.78, 5) is 25.0. The van der Waals surface area contributed by atoms with Gasteiger partial charge >= 0.3 is 12.1 Å². The second kappa shape index (κ2) is 6.39. The van der Waals surface area contributed by atoms with Crippen LogP contribution in [0.5, 0.6) is 5.75 Å². The van der Waals surface area contributed by atoms with E-state index in [1.165, 1.54) is 11.0 Å². The second-order valence-electron chi connectivity index (χ2n) is 5.00. The molecule has 2 aromatic rings. The van der Waals surface area contributed by atoms with Gasteiger partial charge in [-0.2, -0.15) is 0 Å². The molecule has 1 N–H and O–H groups in total. The predicted molar refractivity (Wildman–Crippen MR) is 82.9 cm³/mol. The zero-order valence-corrected chi connectivity index (χ0v) is 12.3. The van der Waals surface area contributed by atoms with E-state index in [1.807, 2.05) is 30.3 Å². The minimum Gasteiger partial charge on any atom is -0.489 e. The largest absolute Gasteiger partial charge is 0.489 e. The first kappa shape index (κ1) is 14.9. The highest BCUT2D eigenvalue weighted by Crippen LogP contribution is 2.35. The number of para-hydroxylation sites is 1. The predicted octanol–water partition coefficient (Wildman–Crippen LogP) is 2.92. The molecule has 0 radical (unpaired) electrons. The molecule has 1 amide bonds. The summed E-state index contributed by atoms with van der Waals surface area (Å²) in [6, 6.07) is 14.0. The van der Waals surface area contributed by atoms with E-state index in [0.29, 0.717) is 12.2 Å². The van der Waals surface area contributed by atoms with E-state index < -0.39 is 12.1 Å². The van der Waals surface area contributed by atoms with Crippen molar-refractivity contribution >= 4 is 17.7 Å². The molecule has 1 aliphatic heterocycles. The Morgan fingerprint density at radius 3 is 2.65 bits per heavy atom. The monoisotopic (exact) mass is 313 g/mol. The smallest absolute Gasteiger partial charge is 0.414 e. The van der Waals surface area contributed by atoms with Crippen LogP contribution in [0, 0.1) is 0 Å². The van der Waals surface area contributed by atoms with E-state index in [1.54, 1.807) is 12.1 Å². The van der Waals surface area contributed by atoms with Crippen molar-refractivity contribution in [3.05, 3.63) is 59.7 Å². The number of carbonyl (C=O) groups excluding carboxylic acids is 1. The number of hydrogen-bond donors (Lipinski definition) is 1. The van der Waals surface area contributed by atoms with Gasteiger partial charge in [0.2, 0.25) is 0 Å². The third kappa shape index (κ3) is 3.11. The summed E-state index contributed by atoms with van der Waals surface area (Å²) >= 11 is 0. The number of carboxylic acids is 1. The van der Waals surface area contributed by atoms with Crippen molar-refractivity contribution in [3.8, 4) is 5.75 Å². The number of carboxylic acid groups (broad SMARTS) is 1. The zero-order chi connectivity index (χ0) is 16.2. The number of nitrogens with zero attached hydrogens (tertiary/aromatic N) is 1. The lowest BCUT2D eigenvalue weighted by Crippen LogP contribution is -2.38. The maximum Gasteiger partial charge on any atom is 0.414 e. The van der Waals surface area contributed by atoms with Crippen LogP contribution in [0.1, 0.15) is 15.9 Å². The molecule has 0 saturated heterocycles. The quantitative estimate of drug-likeness (QED) is 0.943. The van der Waals surface area contributed by atoms with E-state index in [0.717, 1.165) is 5.56 Å². The maximum absolute atomic E-state index is 12.3. The van der Waals surface area contributed by atoms with E-state index in [9.17, 15) is 14.7 Å². The summed E-state index contributed by atoms with van der Waals surface area (Å²) < 4.78 is 10.7. The summed E-state index contributed by atoms with van der Waals surface area (Å²) in [5.41, 5.74) is 1.32. The summed E-state index contributed by atoms with van der Waals surface area (Å²) in [5.74, 6) is -0.899. The number of anilines is 1. The Morgan fingerprint density at radius 2 is 1.91 bits per heavy atom. The molecule has 2 aromatic carbocycles. The van der Waals surface area contributed by atoms with E-state index in [2.05, 4.69) is 0 Å². The van der Waals surface area contributed by atoms with Gasteiger partial charge in [-0.1, -0.05) is 36.4 Å². The fourth-order valence-electron chi connectivity index (χ4n) is 2.40. The minimum absolute atomic E-state index is 0.0306. The first-order valence-corrected chi connectivity index (χ1v) is 7.14. The number of amides is 1. The van der Waals surface area contributed by atoms with Crippen LogP contribution >= 0.6 is 0 Å². The molecule has 0 saturated carbocycles. The third-order valence-electron chi connectivity index (χ3n) is 3.50. The molecule has 1 aliphatic rings. The minimum atomic E-state index is -1.10. The molecule has 0 fully saturated rings. The van der Waals surface area contributed by atoms with Crippen LogP contribution in [0.2, 0.25) is 0 Å². The molecule has 6 heteroatoms. The van der Waals surface area contributed by atoms with E-state index in [-0.39, 0.29) is 24.5 Å². The highest BCUT2D eigenvalue weighted by atomic mass is 16.6. The molecule has 1 heterocycles. The summed E-state index contributed by atoms with van der Waals surface area (Å²) in [6.45, 7) is 0.687. The maximum atomic E-state index is 12.3. The molecular weight excluding hydrogens is 298 g/mol. The van der Waals surface area contributed by atoms with Crippen LogP contribution in [0.4, 0.5) is 10.5 Å². The summed E-state index contributed by atoms with van der Waals surface area (Å²) in [5, 5.41) is 9.20. The lowest BCUT2D eigenvalue weighted by molar-refractivity contribution is 0.0691. The van der Waals surface area contributed by atoms with Crippen molar-refractivity contribution in [1.82, 2.24) is 0 Å². The van der Waals surface area contributed by atoms with Gasteiger partial charge in [0.05, 0.1) is 12.2 Å². The Morgan fingerprint density at radius 1 is 1.13 bits per heavy atom. The number of aromatic carboxylic acids is 1. The Balaban J connectivity index is 1.78. The molecule has 0 atom stereocenters. The summed E-state index contributed by atoms with van der Waals surface area (Å²) in [6.07, 6.45) is -0.527. The van der Waals surface area contributed by atoms with Gasteiger partial charge in [0.1, 0.15) is 18.8 Å². The number of hydrogen-bond acceptors (Lipinski definition) is 4. The first-order valence-electron chi connectivity index (χ1n) is 7.14. The highest BCUT2D eigenvalue weighted by Gasteiger charge is 2.28. The van der Waals surface area contributed by atoms with Crippen molar-refractivity contribution in [2.24, 2.45) is 0 Å². The number of ether oxygens (including phenoxy) is 2.